The van der Waals surface area contributed by atoms with E-state index in [1.54, 1.807) is 0 Å². The Morgan fingerprint density at radius 1 is 0.706 bits per heavy atom. The van der Waals surface area contributed by atoms with Crippen molar-refractivity contribution in [3.63, 3.8) is 0 Å². The number of benzene rings is 4. The average molecular weight is 450 g/mol. The number of carboxylic acid groups (broad SMARTS) is 1. The molecule has 0 bridgehead atoms. The van der Waals surface area contributed by atoms with Gasteiger partial charge < -0.3 is 10.4 Å². The first-order valence-electron chi connectivity index (χ1n) is 11.3. The lowest BCUT2D eigenvalue weighted by Gasteiger charge is -2.31. The molecule has 1 amide bonds. The predicted molar refractivity (Wildman–Crippen MR) is 134 cm³/mol. The molecule has 1 atom stereocenters. The Bertz CT molecular complexity index is 1200. The molecule has 4 heteroatoms. The van der Waals surface area contributed by atoms with Gasteiger partial charge in [-0.2, -0.15) is 0 Å². The van der Waals surface area contributed by atoms with Crippen LogP contribution in [0.2, 0.25) is 0 Å². The van der Waals surface area contributed by atoms with Crippen LogP contribution in [0.4, 0.5) is 0 Å². The SMILES string of the molecule is CC(C(=O)N[C@@H](Cc1ccc(-c2ccccc2)cc1)C(=O)O)(c1ccccc1)c1ccccc1. The summed E-state index contributed by atoms with van der Waals surface area (Å²) in [4.78, 5) is 25.7. The zero-order valence-corrected chi connectivity index (χ0v) is 19.0. The minimum Gasteiger partial charge on any atom is -0.480 e. The van der Waals surface area contributed by atoms with E-state index < -0.39 is 17.4 Å². The molecule has 170 valence electrons. The Balaban J connectivity index is 1.58. The lowest BCUT2D eigenvalue weighted by molar-refractivity contribution is -0.142. The van der Waals surface area contributed by atoms with Crippen LogP contribution in [0.25, 0.3) is 11.1 Å². The molecule has 0 aliphatic heterocycles. The summed E-state index contributed by atoms with van der Waals surface area (Å²) in [5.41, 5.74) is 3.56. The summed E-state index contributed by atoms with van der Waals surface area (Å²) in [6.07, 6.45) is 0.190. The third-order valence-electron chi connectivity index (χ3n) is 6.26. The molecule has 0 fully saturated rings. The Labute approximate surface area is 199 Å². The van der Waals surface area contributed by atoms with Gasteiger partial charge in [0, 0.05) is 6.42 Å². The van der Waals surface area contributed by atoms with E-state index in [1.807, 2.05) is 122 Å². The number of carbonyl (C=O) groups excluding carboxylic acids is 1. The molecule has 0 aliphatic carbocycles. The maximum atomic E-state index is 13.6. The van der Waals surface area contributed by atoms with E-state index in [4.69, 9.17) is 0 Å². The number of aliphatic carboxylic acids is 1. The predicted octanol–water partition coefficient (Wildman–Crippen LogP) is 5.47. The lowest BCUT2D eigenvalue weighted by Crippen LogP contribution is -2.50. The number of hydrogen-bond donors (Lipinski definition) is 2. The summed E-state index contributed by atoms with van der Waals surface area (Å²) >= 11 is 0. The number of carboxylic acids is 1. The van der Waals surface area contributed by atoms with Crippen molar-refractivity contribution >= 4 is 11.9 Å². The van der Waals surface area contributed by atoms with Crippen molar-refractivity contribution in [2.24, 2.45) is 0 Å². The first-order chi connectivity index (χ1) is 16.5. The van der Waals surface area contributed by atoms with E-state index in [2.05, 4.69) is 5.32 Å². The second kappa shape index (κ2) is 10.2. The van der Waals surface area contributed by atoms with Gasteiger partial charge in [0.15, 0.2) is 0 Å². The molecule has 4 rings (SSSR count). The van der Waals surface area contributed by atoms with Crippen LogP contribution in [0.1, 0.15) is 23.6 Å². The fourth-order valence-electron chi connectivity index (χ4n) is 4.17. The van der Waals surface area contributed by atoms with Crippen molar-refractivity contribution in [3.8, 4) is 11.1 Å². The van der Waals surface area contributed by atoms with Gasteiger partial charge in [0.25, 0.3) is 0 Å². The number of rotatable bonds is 8. The fourth-order valence-corrected chi connectivity index (χ4v) is 4.17. The molecule has 0 saturated heterocycles. The molecule has 4 aromatic carbocycles. The van der Waals surface area contributed by atoms with Gasteiger partial charge in [-0.15, -0.1) is 0 Å². The molecule has 0 radical (unpaired) electrons. The molecule has 0 unspecified atom stereocenters. The third kappa shape index (κ3) is 4.91. The highest BCUT2D eigenvalue weighted by Gasteiger charge is 2.38. The summed E-state index contributed by atoms with van der Waals surface area (Å²) in [7, 11) is 0. The van der Waals surface area contributed by atoms with Crippen molar-refractivity contribution < 1.29 is 14.7 Å². The highest BCUT2D eigenvalue weighted by atomic mass is 16.4. The smallest absolute Gasteiger partial charge is 0.326 e. The van der Waals surface area contributed by atoms with E-state index in [9.17, 15) is 14.7 Å². The van der Waals surface area contributed by atoms with Gasteiger partial charge in [-0.25, -0.2) is 4.79 Å². The number of hydrogen-bond acceptors (Lipinski definition) is 2. The molecule has 2 N–H and O–H groups in total. The molecule has 0 aliphatic rings. The molecule has 4 aromatic rings. The largest absolute Gasteiger partial charge is 0.480 e. The van der Waals surface area contributed by atoms with Crippen LogP contribution in [0.3, 0.4) is 0 Å². The molecule has 0 aromatic heterocycles. The Hall–Kier alpha value is -4.18. The molecule has 4 nitrogen and oxygen atoms in total. The number of amides is 1. The van der Waals surface area contributed by atoms with Crippen LogP contribution in [0, 0.1) is 0 Å². The number of nitrogens with one attached hydrogen (secondary N) is 1. The van der Waals surface area contributed by atoms with Crippen molar-refractivity contribution in [2.75, 3.05) is 0 Å². The van der Waals surface area contributed by atoms with Crippen LogP contribution in [-0.2, 0) is 21.4 Å². The highest BCUT2D eigenvalue weighted by Crippen LogP contribution is 2.32. The van der Waals surface area contributed by atoms with E-state index in [1.165, 1.54) is 0 Å². The zero-order valence-electron chi connectivity index (χ0n) is 19.0. The standard InChI is InChI=1S/C30H27NO3/c1-30(25-13-7-3-8-14-25,26-15-9-4-10-16-26)29(34)31-27(28(32)33)21-22-17-19-24(20-18-22)23-11-5-2-6-12-23/h2-20,27H,21H2,1H3,(H,31,34)(H,32,33)/t27-/m0/s1. The van der Waals surface area contributed by atoms with Gasteiger partial charge in [-0.05, 0) is 34.7 Å². The fraction of sp³-hybridized carbons (Fsp3) is 0.133. The minimum atomic E-state index is -1.07. The van der Waals surface area contributed by atoms with Crippen molar-refractivity contribution in [2.45, 2.75) is 24.8 Å². The summed E-state index contributed by atoms with van der Waals surface area (Å²) in [6, 6.07) is 35.6. The maximum Gasteiger partial charge on any atom is 0.326 e. The van der Waals surface area contributed by atoms with E-state index >= 15 is 0 Å². The van der Waals surface area contributed by atoms with Gasteiger partial charge in [-0.3, -0.25) is 4.79 Å². The van der Waals surface area contributed by atoms with Gasteiger partial charge in [0.1, 0.15) is 6.04 Å². The quantitative estimate of drug-likeness (QED) is 0.375. The lowest BCUT2D eigenvalue weighted by atomic mass is 9.75. The molecule has 34 heavy (non-hydrogen) atoms. The zero-order chi connectivity index (χ0) is 24.0. The molecule has 0 saturated carbocycles. The first-order valence-corrected chi connectivity index (χ1v) is 11.3. The van der Waals surface area contributed by atoms with Crippen LogP contribution in [0.5, 0.6) is 0 Å². The van der Waals surface area contributed by atoms with Crippen LogP contribution >= 0.6 is 0 Å². The van der Waals surface area contributed by atoms with E-state index in [-0.39, 0.29) is 12.3 Å². The van der Waals surface area contributed by atoms with E-state index in [0.717, 1.165) is 27.8 Å². The maximum absolute atomic E-state index is 13.6. The van der Waals surface area contributed by atoms with E-state index in [0.29, 0.717) is 0 Å². The van der Waals surface area contributed by atoms with Gasteiger partial charge in [0.2, 0.25) is 5.91 Å². The highest BCUT2D eigenvalue weighted by molar-refractivity contribution is 5.94. The number of carbonyl (C=O) groups is 2. The molecular weight excluding hydrogens is 422 g/mol. The van der Waals surface area contributed by atoms with Crippen molar-refractivity contribution in [3.05, 3.63) is 132 Å². The van der Waals surface area contributed by atoms with Crippen LogP contribution in [0.15, 0.2) is 115 Å². The topological polar surface area (TPSA) is 66.4 Å². The average Bonchev–Trinajstić information content (AvgIpc) is 2.89. The summed E-state index contributed by atoms with van der Waals surface area (Å²) < 4.78 is 0. The molecule has 0 heterocycles. The third-order valence-corrected chi connectivity index (χ3v) is 6.26. The minimum absolute atomic E-state index is 0.190. The van der Waals surface area contributed by atoms with Crippen molar-refractivity contribution in [1.29, 1.82) is 0 Å². The van der Waals surface area contributed by atoms with Gasteiger partial charge >= 0.3 is 5.97 Å². The summed E-state index contributed by atoms with van der Waals surface area (Å²) in [5.74, 6) is -1.41. The van der Waals surface area contributed by atoms with Crippen LogP contribution in [-0.4, -0.2) is 23.0 Å². The summed E-state index contributed by atoms with van der Waals surface area (Å²) in [5, 5.41) is 12.7. The second-order valence-electron chi connectivity index (χ2n) is 8.49. The molecular formula is C30H27NO3. The van der Waals surface area contributed by atoms with Gasteiger partial charge in [0.05, 0.1) is 5.41 Å². The second-order valence-corrected chi connectivity index (χ2v) is 8.49. The van der Waals surface area contributed by atoms with Gasteiger partial charge in [-0.1, -0.05) is 115 Å². The van der Waals surface area contributed by atoms with Crippen molar-refractivity contribution in [1.82, 2.24) is 5.32 Å². The Kier molecular flexibility index (Phi) is 6.88. The Morgan fingerprint density at radius 2 is 1.15 bits per heavy atom. The normalized spacial score (nSPS) is 12.0. The Morgan fingerprint density at radius 3 is 1.62 bits per heavy atom. The summed E-state index contributed by atoms with van der Waals surface area (Å²) in [6.45, 7) is 1.83. The van der Waals surface area contributed by atoms with Crippen LogP contribution < -0.4 is 5.32 Å². The molecule has 0 spiro atoms. The monoisotopic (exact) mass is 449 g/mol. The first kappa shape index (κ1) is 23.0.